The van der Waals surface area contributed by atoms with Crippen molar-refractivity contribution >= 4 is 0 Å². The first-order valence-electron chi connectivity index (χ1n) is 7.00. The zero-order valence-electron chi connectivity index (χ0n) is 11.0. The van der Waals surface area contributed by atoms with Crippen LogP contribution in [0.25, 0.3) is 0 Å². The van der Waals surface area contributed by atoms with E-state index in [0.29, 0.717) is 11.8 Å². The molecule has 19 heavy (non-hydrogen) atoms. The first-order chi connectivity index (χ1) is 9.34. The Bertz CT molecular complexity index is 447. The molecule has 0 unspecified atom stereocenters. The summed E-state index contributed by atoms with van der Waals surface area (Å²) < 4.78 is 11.6. The van der Waals surface area contributed by atoms with Gasteiger partial charge in [0.05, 0.1) is 13.2 Å². The molecule has 1 aliphatic carbocycles. The molecular weight excluding hydrogens is 240 g/mol. The number of phenols is 1. The minimum absolute atomic E-state index is 0.242. The molecule has 1 fully saturated rings. The van der Waals surface area contributed by atoms with Crippen LogP contribution < -0.4 is 0 Å². The summed E-state index contributed by atoms with van der Waals surface area (Å²) in [5.74, 6) is 1.40. The molecule has 1 heterocycles. The van der Waals surface area contributed by atoms with E-state index < -0.39 is 6.29 Å². The van der Waals surface area contributed by atoms with Gasteiger partial charge < -0.3 is 14.6 Å². The van der Waals surface area contributed by atoms with Crippen LogP contribution in [0.15, 0.2) is 36.4 Å². The topological polar surface area (TPSA) is 38.7 Å². The first-order valence-corrected chi connectivity index (χ1v) is 7.00. The van der Waals surface area contributed by atoms with E-state index in [4.69, 9.17) is 9.47 Å². The molecule has 1 aliphatic heterocycles. The quantitative estimate of drug-likeness (QED) is 0.828. The predicted molar refractivity (Wildman–Crippen MR) is 72.7 cm³/mol. The standard InChI is InChI=1S/C16H20O3/c17-15-9-5-4-8-14(15)16-18-10-13(11-19-16)12-6-2-1-3-7-12/h1-2,4-5,8-9,12-13,16-17H,3,6-7,10-11H2/t12-,13?,16?/m0/s1. The van der Waals surface area contributed by atoms with Crippen LogP contribution in [0.2, 0.25) is 0 Å². The molecule has 0 bridgehead atoms. The van der Waals surface area contributed by atoms with Crippen molar-refractivity contribution < 1.29 is 14.6 Å². The van der Waals surface area contributed by atoms with Gasteiger partial charge in [-0.15, -0.1) is 0 Å². The van der Waals surface area contributed by atoms with E-state index in [2.05, 4.69) is 12.2 Å². The van der Waals surface area contributed by atoms with Gasteiger partial charge in [0.25, 0.3) is 0 Å². The fourth-order valence-corrected chi connectivity index (χ4v) is 2.90. The van der Waals surface area contributed by atoms with Crippen molar-refractivity contribution in [2.24, 2.45) is 11.8 Å². The lowest BCUT2D eigenvalue weighted by molar-refractivity contribution is -0.213. The second kappa shape index (κ2) is 5.76. The third-order valence-electron chi connectivity index (χ3n) is 4.09. The Morgan fingerprint density at radius 3 is 2.47 bits per heavy atom. The molecule has 1 N–H and O–H groups in total. The number of para-hydroxylation sites is 1. The molecule has 0 spiro atoms. The van der Waals surface area contributed by atoms with E-state index in [9.17, 15) is 5.11 Å². The number of hydrogen-bond donors (Lipinski definition) is 1. The summed E-state index contributed by atoms with van der Waals surface area (Å²) in [4.78, 5) is 0. The van der Waals surface area contributed by atoms with Gasteiger partial charge in [-0.2, -0.15) is 0 Å². The van der Waals surface area contributed by atoms with Crippen LogP contribution >= 0.6 is 0 Å². The van der Waals surface area contributed by atoms with Crippen LogP contribution in [-0.4, -0.2) is 18.3 Å². The van der Waals surface area contributed by atoms with Crippen LogP contribution in [0.1, 0.15) is 31.1 Å². The molecule has 0 amide bonds. The minimum atomic E-state index is -0.420. The van der Waals surface area contributed by atoms with Crippen molar-refractivity contribution in [1.29, 1.82) is 0 Å². The molecule has 3 rings (SSSR count). The van der Waals surface area contributed by atoms with Crippen LogP contribution in [0.3, 0.4) is 0 Å². The summed E-state index contributed by atoms with van der Waals surface area (Å²) in [5, 5.41) is 9.81. The maximum atomic E-state index is 9.81. The summed E-state index contributed by atoms with van der Waals surface area (Å²) in [6, 6.07) is 7.21. The highest BCUT2D eigenvalue weighted by atomic mass is 16.7. The maximum absolute atomic E-state index is 9.81. The molecule has 3 nitrogen and oxygen atoms in total. The highest BCUT2D eigenvalue weighted by Crippen LogP contribution is 2.35. The Morgan fingerprint density at radius 2 is 1.79 bits per heavy atom. The van der Waals surface area contributed by atoms with Crippen LogP contribution in [0.4, 0.5) is 0 Å². The van der Waals surface area contributed by atoms with Crippen molar-refractivity contribution in [3.05, 3.63) is 42.0 Å². The van der Waals surface area contributed by atoms with Crippen molar-refractivity contribution in [2.45, 2.75) is 25.6 Å². The van der Waals surface area contributed by atoms with Gasteiger partial charge in [0, 0.05) is 11.5 Å². The van der Waals surface area contributed by atoms with E-state index in [1.54, 1.807) is 12.1 Å². The molecule has 0 radical (unpaired) electrons. The fourth-order valence-electron chi connectivity index (χ4n) is 2.90. The Balaban J connectivity index is 1.60. The zero-order chi connectivity index (χ0) is 13.1. The highest BCUT2D eigenvalue weighted by molar-refractivity contribution is 5.32. The second-order valence-electron chi connectivity index (χ2n) is 5.36. The molecule has 1 aromatic rings. The Hall–Kier alpha value is -1.32. The molecule has 1 saturated heterocycles. The highest BCUT2D eigenvalue weighted by Gasteiger charge is 2.30. The molecule has 3 heteroatoms. The fraction of sp³-hybridized carbons (Fsp3) is 0.500. The summed E-state index contributed by atoms with van der Waals surface area (Å²) in [6.45, 7) is 1.44. The minimum Gasteiger partial charge on any atom is -0.507 e. The Labute approximate surface area is 113 Å². The monoisotopic (exact) mass is 260 g/mol. The number of ether oxygens (including phenoxy) is 2. The average Bonchev–Trinajstić information content (AvgIpc) is 2.49. The Morgan fingerprint density at radius 1 is 1.00 bits per heavy atom. The summed E-state index contributed by atoms with van der Waals surface area (Å²) in [5.41, 5.74) is 0.726. The summed E-state index contributed by atoms with van der Waals surface area (Å²) in [7, 11) is 0. The van der Waals surface area contributed by atoms with Gasteiger partial charge >= 0.3 is 0 Å². The van der Waals surface area contributed by atoms with Gasteiger partial charge in [0.2, 0.25) is 0 Å². The molecule has 1 aromatic carbocycles. The lowest BCUT2D eigenvalue weighted by atomic mass is 9.83. The van der Waals surface area contributed by atoms with Gasteiger partial charge in [0.1, 0.15) is 5.75 Å². The third-order valence-corrected chi connectivity index (χ3v) is 4.09. The van der Waals surface area contributed by atoms with Gasteiger partial charge in [-0.25, -0.2) is 0 Å². The van der Waals surface area contributed by atoms with Gasteiger partial charge in [0.15, 0.2) is 6.29 Å². The number of aromatic hydroxyl groups is 1. The normalized spacial score (nSPS) is 31.3. The lowest BCUT2D eigenvalue weighted by Gasteiger charge is -2.35. The molecule has 102 valence electrons. The van der Waals surface area contributed by atoms with Crippen molar-refractivity contribution in [3.8, 4) is 5.75 Å². The van der Waals surface area contributed by atoms with E-state index in [1.807, 2.05) is 12.1 Å². The predicted octanol–water partition coefficient (Wildman–Crippen LogP) is 3.41. The van der Waals surface area contributed by atoms with E-state index in [1.165, 1.54) is 12.8 Å². The zero-order valence-corrected chi connectivity index (χ0v) is 11.0. The summed E-state index contributed by atoms with van der Waals surface area (Å²) >= 11 is 0. The first kappa shape index (κ1) is 12.7. The largest absolute Gasteiger partial charge is 0.507 e. The number of hydrogen-bond acceptors (Lipinski definition) is 3. The van der Waals surface area contributed by atoms with Crippen molar-refractivity contribution in [3.63, 3.8) is 0 Å². The van der Waals surface area contributed by atoms with E-state index >= 15 is 0 Å². The third kappa shape index (κ3) is 2.82. The molecular formula is C16H20O3. The van der Waals surface area contributed by atoms with Crippen molar-refractivity contribution in [1.82, 2.24) is 0 Å². The van der Waals surface area contributed by atoms with Crippen molar-refractivity contribution in [2.75, 3.05) is 13.2 Å². The average molecular weight is 260 g/mol. The van der Waals surface area contributed by atoms with Gasteiger partial charge in [-0.3, -0.25) is 0 Å². The molecule has 1 atom stereocenters. The second-order valence-corrected chi connectivity index (χ2v) is 5.36. The summed E-state index contributed by atoms with van der Waals surface area (Å²) in [6.07, 6.45) is 7.64. The van der Waals surface area contributed by atoms with E-state index in [0.717, 1.165) is 25.2 Å². The molecule has 2 aliphatic rings. The molecule has 0 saturated carbocycles. The van der Waals surface area contributed by atoms with Crippen LogP contribution in [0, 0.1) is 11.8 Å². The van der Waals surface area contributed by atoms with Gasteiger partial charge in [-0.05, 0) is 31.2 Å². The number of phenolic OH excluding ortho intramolecular Hbond substituents is 1. The molecule has 0 aromatic heterocycles. The van der Waals surface area contributed by atoms with E-state index in [-0.39, 0.29) is 5.75 Å². The van der Waals surface area contributed by atoms with Crippen LogP contribution in [0.5, 0.6) is 5.75 Å². The smallest absolute Gasteiger partial charge is 0.187 e. The van der Waals surface area contributed by atoms with Crippen LogP contribution in [-0.2, 0) is 9.47 Å². The maximum Gasteiger partial charge on any atom is 0.187 e. The number of benzene rings is 1. The number of allylic oxidation sites excluding steroid dienone is 2. The Kier molecular flexibility index (Phi) is 3.85. The number of rotatable bonds is 2. The van der Waals surface area contributed by atoms with Gasteiger partial charge in [-0.1, -0.05) is 30.4 Å². The SMILES string of the molecule is Oc1ccccc1C1OCC([C@H]2CC=CCC2)CO1. The lowest BCUT2D eigenvalue weighted by Crippen LogP contribution is -2.32.